The third-order valence-electron chi connectivity index (χ3n) is 7.46. The van der Waals surface area contributed by atoms with Gasteiger partial charge in [0.15, 0.2) is 5.65 Å². The van der Waals surface area contributed by atoms with Crippen LogP contribution in [0.1, 0.15) is 60.2 Å². The quantitative estimate of drug-likeness (QED) is 0.443. The van der Waals surface area contributed by atoms with Gasteiger partial charge in [-0.3, -0.25) is 24.3 Å². The molecule has 0 N–H and O–H groups in total. The summed E-state index contributed by atoms with van der Waals surface area (Å²) in [5, 5.41) is 0. The van der Waals surface area contributed by atoms with E-state index < -0.39 is 0 Å². The monoisotopic (exact) mass is 470 g/mol. The lowest BCUT2D eigenvalue weighted by Crippen LogP contribution is -2.37. The van der Waals surface area contributed by atoms with Gasteiger partial charge in [-0.05, 0) is 62.6 Å². The van der Waals surface area contributed by atoms with E-state index in [9.17, 15) is 9.18 Å². The molecule has 1 unspecified atom stereocenters. The van der Waals surface area contributed by atoms with Gasteiger partial charge < -0.3 is 4.90 Å². The average molecular weight is 471 g/mol. The van der Waals surface area contributed by atoms with E-state index in [1.807, 2.05) is 19.1 Å². The summed E-state index contributed by atoms with van der Waals surface area (Å²) in [6.07, 6.45) is 10.9. The van der Waals surface area contributed by atoms with E-state index in [2.05, 4.69) is 24.8 Å². The first kappa shape index (κ1) is 21.8. The molecule has 8 heteroatoms. The van der Waals surface area contributed by atoms with E-state index in [1.54, 1.807) is 35.4 Å². The zero-order valence-electron chi connectivity index (χ0n) is 19.7. The molecule has 178 valence electrons. The minimum atomic E-state index is -0.208. The van der Waals surface area contributed by atoms with Crippen molar-refractivity contribution in [3.8, 4) is 0 Å². The van der Waals surface area contributed by atoms with Crippen LogP contribution in [0.5, 0.6) is 0 Å². The summed E-state index contributed by atoms with van der Waals surface area (Å²) < 4.78 is 16.4. The second-order valence-electron chi connectivity index (χ2n) is 9.50. The van der Waals surface area contributed by atoms with Crippen molar-refractivity contribution in [3.05, 3.63) is 87.7 Å². The van der Waals surface area contributed by atoms with Gasteiger partial charge in [-0.1, -0.05) is 12.1 Å². The van der Waals surface area contributed by atoms with Gasteiger partial charge in [0, 0.05) is 43.4 Å². The second-order valence-corrected chi connectivity index (χ2v) is 9.50. The number of para-hydroxylation sites is 1. The molecule has 6 rings (SSSR count). The van der Waals surface area contributed by atoms with E-state index in [0.717, 1.165) is 54.6 Å². The van der Waals surface area contributed by atoms with Gasteiger partial charge in [0.25, 0.3) is 5.56 Å². The van der Waals surface area contributed by atoms with Crippen LogP contribution in [-0.4, -0.2) is 37.6 Å². The Morgan fingerprint density at radius 1 is 0.971 bits per heavy atom. The van der Waals surface area contributed by atoms with Gasteiger partial charge in [-0.15, -0.1) is 0 Å². The molecular weight excluding hydrogens is 443 g/mol. The maximum atomic E-state index is 14.6. The molecule has 1 aliphatic heterocycles. The molecule has 0 radical (unpaired) electrons. The lowest BCUT2D eigenvalue weighted by molar-refractivity contribution is 0.454. The first-order chi connectivity index (χ1) is 17.1. The van der Waals surface area contributed by atoms with Gasteiger partial charge >= 0.3 is 0 Å². The lowest BCUT2D eigenvalue weighted by Gasteiger charge is -2.35. The van der Waals surface area contributed by atoms with E-state index in [0.29, 0.717) is 29.9 Å². The Labute approximate surface area is 202 Å². The van der Waals surface area contributed by atoms with Gasteiger partial charge in [-0.25, -0.2) is 9.37 Å². The highest BCUT2D eigenvalue weighted by Gasteiger charge is 2.31. The van der Waals surface area contributed by atoms with Crippen LogP contribution in [0.2, 0.25) is 0 Å². The maximum Gasteiger partial charge on any atom is 0.256 e. The first-order valence-electron chi connectivity index (χ1n) is 12.3. The van der Waals surface area contributed by atoms with Gasteiger partial charge in [0.2, 0.25) is 0 Å². The van der Waals surface area contributed by atoms with Gasteiger partial charge in [-0.2, -0.15) is 0 Å². The second kappa shape index (κ2) is 8.83. The molecule has 1 fully saturated rings. The van der Waals surface area contributed by atoms with E-state index in [1.165, 1.54) is 6.07 Å². The molecule has 4 aromatic rings. The lowest BCUT2D eigenvalue weighted by atomic mass is 9.88. The van der Waals surface area contributed by atoms with E-state index in [4.69, 9.17) is 0 Å². The Morgan fingerprint density at radius 2 is 1.74 bits per heavy atom. The molecule has 4 heterocycles. The normalized spacial score (nSPS) is 18.6. The van der Waals surface area contributed by atoms with Crippen molar-refractivity contribution in [2.75, 3.05) is 18.0 Å². The summed E-state index contributed by atoms with van der Waals surface area (Å²) in [7, 11) is 0. The molecule has 0 saturated carbocycles. The van der Waals surface area contributed by atoms with Crippen LogP contribution < -0.4 is 10.5 Å². The molecule has 1 aromatic carbocycles. The molecule has 0 bridgehead atoms. The number of nitrogens with zero attached hydrogens (tertiary/aromatic N) is 6. The highest BCUT2D eigenvalue weighted by atomic mass is 19.1. The Hall–Kier alpha value is -3.68. The minimum Gasteiger partial charge on any atom is -0.369 e. The number of rotatable bonds is 3. The summed E-state index contributed by atoms with van der Waals surface area (Å²) in [5.41, 5.74) is 5.45. The number of hydrogen-bond donors (Lipinski definition) is 0. The number of aromatic nitrogens is 5. The van der Waals surface area contributed by atoms with E-state index >= 15 is 0 Å². The largest absolute Gasteiger partial charge is 0.369 e. The number of anilines is 1. The van der Waals surface area contributed by atoms with Crippen molar-refractivity contribution in [2.45, 2.75) is 51.0 Å². The number of hydrogen-bond acceptors (Lipinski definition) is 6. The van der Waals surface area contributed by atoms with E-state index in [-0.39, 0.29) is 23.3 Å². The zero-order valence-corrected chi connectivity index (χ0v) is 19.7. The molecule has 35 heavy (non-hydrogen) atoms. The van der Waals surface area contributed by atoms with Crippen molar-refractivity contribution in [2.24, 2.45) is 0 Å². The average Bonchev–Trinajstić information content (AvgIpc) is 2.89. The van der Waals surface area contributed by atoms with Crippen LogP contribution in [-0.2, 0) is 6.42 Å². The van der Waals surface area contributed by atoms with Crippen molar-refractivity contribution in [1.82, 2.24) is 24.5 Å². The van der Waals surface area contributed by atoms with Crippen LogP contribution in [0.3, 0.4) is 0 Å². The van der Waals surface area contributed by atoms with Crippen molar-refractivity contribution in [3.63, 3.8) is 0 Å². The van der Waals surface area contributed by atoms with Crippen LogP contribution in [0.25, 0.3) is 11.2 Å². The fourth-order valence-electron chi connectivity index (χ4n) is 5.79. The minimum absolute atomic E-state index is 0.0259. The summed E-state index contributed by atoms with van der Waals surface area (Å²) >= 11 is 0. The number of benzene rings is 1. The summed E-state index contributed by atoms with van der Waals surface area (Å²) in [5.74, 6) is -0.114. The molecule has 7 nitrogen and oxygen atoms in total. The molecule has 1 aliphatic carbocycles. The number of piperidine rings is 1. The van der Waals surface area contributed by atoms with Crippen LogP contribution in [0, 0.1) is 12.7 Å². The Kier molecular flexibility index (Phi) is 5.51. The molecule has 0 spiro atoms. The molecule has 1 atom stereocenters. The number of pyridine rings is 1. The highest BCUT2D eigenvalue weighted by Crippen LogP contribution is 2.35. The van der Waals surface area contributed by atoms with Crippen molar-refractivity contribution in [1.29, 1.82) is 0 Å². The zero-order chi connectivity index (χ0) is 23.9. The Balaban J connectivity index is 1.39. The molecular formula is C27H27FN6O. The first-order valence-corrected chi connectivity index (χ1v) is 12.3. The number of halogens is 1. The van der Waals surface area contributed by atoms with Gasteiger partial charge in [0.05, 0.1) is 23.1 Å². The Morgan fingerprint density at radius 3 is 2.57 bits per heavy atom. The predicted octanol–water partition coefficient (Wildman–Crippen LogP) is 4.34. The fraction of sp³-hybridized carbons (Fsp3) is 0.370. The Bertz CT molecular complexity index is 1440. The third-order valence-corrected chi connectivity index (χ3v) is 7.46. The molecule has 3 aromatic heterocycles. The third kappa shape index (κ3) is 3.77. The fourth-order valence-corrected chi connectivity index (χ4v) is 5.79. The van der Waals surface area contributed by atoms with Crippen LogP contribution in [0.4, 0.5) is 10.1 Å². The SMILES string of the molecule is Cc1cccc(F)c1N1CCC(c2cc3nccnc3n(C3CCCc4nccnc43)c2=O)CC1. The topological polar surface area (TPSA) is 76.8 Å². The number of fused-ring (bicyclic) bond motifs is 2. The van der Waals surface area contributed by atoms with Crippen molar-refractivity contribution < 1.29 is 4.39 Å². The summed E-state index contributed by atoms with van der Waals surface area (Å²) in [6.45, 7) is 3.33. The maximum absolute atomic E-state index is 14.6. The molecule has 0 amide bonds. The molecule has 1 saturated heterocycles. The van der Waals surface area contributed by atoms with Crippen LogP contribution >= 0.6 is 0 Å². The summed E-state index contributed by atoms with van der Waals surface area (Å²) in [4.78, 5) is 34.4. The van der Waals surface area contributed by atoms with Crippen molar-refractivity contribution >= 4 is 16.9 Å². The predicted molar refractivity (Wildman–Crippen MR) is 132 cm³/mol. The summed E-state index contributed by atoms with van der Waals surface area (Å²) in [6, 6.07) is 6.90. The molecule has 2 aliphatic rings. The van der Waals surface area contributed by atoms with Gasteiger partial charge in [0.1, 0.15) is 11.3 Å². The van der Waals surface area contributed by atoms with Crippen LogP contribution in [0.15, 0.2) is 53.8 Å². The standard InChI is InChI=1S/C27H27FN6O/c1-17-4-2-5-20(28)25(17)33-14-8-18(9-15-33)19-16-22-26(32-13-11-30-22)34(27(19)35)23-7-3-6-21-24(23)31-12-10-29-21/h2,4-5,10-13,16,18,23H,3,6-9,14-15H2,1H3. The highest BCUT2D eigenvalue weighted by molar-refractivity contribution is 5.71. The smallest absolute Gasteiger partial charge is 0.256 e. The number of aryl methyl sites for hydroxylation is 2.